The molecule has 2 N–H and O–H groups in total. The van der Waals surface area contributed by atoms with E-state index in [1.165, 1.54) is 7.11 Å². The molecule has 0 saturated carbocycles. The molecule has 0 aliphatic carbocycles. The fourth-order valence-electron chi connectivity index (χ4n) is 2.53. The van der Waals surface area contributed by atoms with Crippen LogP contribution in [0.1, 0.15) is 12.6 Å². The average molecular weight is 333 g/mol. The molecule has 0 spiro atoms. The molecule has 6 nitrogen and oxygen atoms in total. The van der Waals surface area contributed by atoms with Gasteiger partial charge in [0.15, 0.2) is 0 Å². The maximum absolute atomic E-state index is 9.89. The second-order valence-corrected chi connectivity index (χ2v) is 5.65. The summed E-state index contributed by atoms with van der Waals surface area (Å²) in [6.07, 6.45) is -1.54. The molecule has 3 atom stereocenters. The van der Waals surface area contributed by atoms with Crippen molar-refractivity contribution in [3.05, 3.63) is 22.2 Å². The van der Waals surface area contributed by atoms with E-state index in [1.807, 2.05) is 0 Å². The zero-order chi connectivity index (χ0) is 15.1. The van der Waals surface area contributed by atoms with Crippen LogP contribution in [0, 0.1) is 0 Å². The van der Waals surface area contributed by atoms with Crippen molar-refractivity contribution in [2.75, 3.05) is 13.7 Å². The zero-order valence-corrected chi connectivity index (χ0v) is 12.7. The summed E-state index contributed by atoms with van der Waals surface area (Å²) >= 11 is 12.1. The van der Waals surface area contributed by atoms with E-state index < -0.39 is 18.4 Å². The third kappa shape index (κ3) is 2.47. The van der Waals surface area contributed by atoms with Crippen LogP contribution in [0.5, 0.6) is 6.01 Å². The highest BCUT2D eigenvalue weighted by Crippen LogP contribution is 2.37. The van der Waals surface area contributed by atoms with E-state index in [2.05, 4.69) is 4.98 Å². The van der Waals surface area contributed by atoms with Gasteiger partial charge in [0.1, 0.15) is 12.3 Å². The molecule has 114 valence electrons. The number of aliphatic hydroxyl groups is 2. The summed E-state index contributed by atoms with van der Waals surface area (Å²) in [5.41, 5.74) is 1.31. The molecule has 1 aliphatic rings. The SMILES string of the molecule is COc1nc2cc(Cl)c(Cl)cc2n1[C@H]1C[C@H](O)[C@@H](CO)O1. The zero-order valence-electron chi connectivity index (χ0n) is 11.2. The Hall–Kier alpha value is -1.05. The lowest BCUT2D eigenvalue weighted by Gasteiger charge is -2.16. The number of halogens is 2. The van der Waals surface area contributed by atoms with Gasteiger partial charge in [0.05, 0.1) is 40.9 Å². The van der Waals surface area contributed by atoms with Gasteiger partial charge in [-0.3, -0.25) is 4.57 Å². The number of aliphatic hydroxyl groups excluding tert-OH is 2. The second kappa shape index (κ2) is 5.62. The first-order valence-electron chi connectivity index (χ1n) is 6.40. The number of ether oxygens (including phenoxy) is 2. The fourth-order valence-corrected chi connectivity index (χ4v) is 2.84. The lowest BCUT2D eigenvalue weighted by Crippen LogP contribution is -2.24. The van der Waals surface area contributed by atoms with Crippen molar-refractivity contribution in [2.45, 2.75) is 24.9 Å². The first-order chi connectivity index (χ1) is 10.0. The number of methoxy groups -OCH3 is 1. The number of hydrogen-bond donors (Lipinski definition) is 2. The first-order valence-corrected chi connectivity index (χ1v) is 7.16. The van der Waals surface area contributed by atoms with Crippen LogP contribution < -0.4 is 4.74 Å². The maximum atomic E-state index is 9.89. The third-order valence-corrected chi connectivity index (χ3v) is 4.28. The summed E-state index contributed by atoms with van der Waals surface area (Å²) in [6, 6.07) is 3.66. The van der Waals surface area contributed by atoms with Crippen LogP contribution in [0.4, 0.5) is 0 Å². The molecule has 1 aromatic carbocycles. The van der Waals surface area contributed by atoms with E-state index in [-0.39, 0.29) is 6.61 Å². The predicted octanol–water partition coefficient (Wildman–Crippen LogP) is 1.99. The van der Waals surface area contributed by atoms with Gasteiger partial charge in [0.2, 0.25) is 0 Å². The number of aromatic nitrogens is 2. The van der Waals surface area contributed by atoms with Crippen molar-refractivity contribution >= 4 is 34.2 Å². The number of rotatable bonds is 3. The van der Waals surface area contributed by atoms with Crippen molar-refractivity contribution in [2.24, 2.45) is 0 Å². The molecule has 0 amide bonds. The van der Waals surface area contributed by atoms with Gasteiger partial charge in [-0.15, -0.1) is 0 Å². The van der Waals surface area contributed by atoms with Crippen LogP contribution in [-0.2, 0) is 4.74 Å². The number of fused-ring (bicyclic) bond motifs is 1. The van der Waals surface area contributed by atoms with Crippen molar-refractivity contribution in [3.63, 3.8) is 0 Å². The number of benzene rings is 1. The molecule has 0 radical (unpaired) electrons. The van der Waals surface area contributed by atoms with Crippen LogP contribution in [0.25, 0.3) is 11.0 Å². The monoisotopic (exact) mass is 332 g/mol. The molecule has 2 aromatic rings. The van der Waals surface area contributed by atoms with Crippen LogP contribution >= 0.6 is 23.2 Å². The van der Waals surface area contributed by atoms with E-state index in [0.29, 0.717) is 33.5 Å². The number of nitrogens with zero attached hydrogens (tertiary/aromatic N) is 2. The lowest BCUT2D eigenvalue weighted by atomic mass is 10.2. The van der Waals surface area contributed by atoms with E-state index >= 15 is 0 Å². The van der Waals surface area contributed by atoms with Crippen LogP contribution in [0.2, 0.25) is 10.0 Å². The largest absolute Gasteiger partial charge is 0.468 e. The van der Waals surface area contributed by atoms with E-state index in [0.717, 1.165) is 0 Å². The fraction of sp³-hybridized carbons (Fsp3) is 0.462. The Morgan fingerprint density at radius 2 is 2.14 bits per heavy atom. The van der Waals surface area contributed by atoms with E-state index in [1.54, 1.807) is 16.7 Å². The van der Waals surface area contributed by atoms with Gasteiger partial charge >= 0.3 is 0 Å². The molecule has 8 heteroatoms. The van der Waals surface area contributed by atoms with E-state index in [4.69, 9.17) is 32.7 Å². The topological polar surface area (TPSA) is 76.7 Å². The van der Waals surface area contributed by atoms with E-state index in [9.17, 15) is 10.2 Å². The smallest absolute Gasteiger partial charge is 0.299 e. The number of imidazole rings is 1. The van der Waals surface area contributed by atoms with Crippen molar-refractivity contribution in [1.29, 1.82) is 0 Å². The van der Waals surface area contributed by atoms with Crippen LogP contribution in [0.3, 0.4) is 0 Å². The van der Waals surface area contributed by atoms with Gasteiger partial charge < -0.3 is 19.7 Å². The Labute approximate surface area is 130 Å². The summed E-state index contributed by atoms with van der Waals surface area (Å²) in [5.74, 6) is 0. The van der Waals surface area contributed by atoms with Crippen molar-refractivity contribution in [1.82, 2.24) is 9.55 Å². The maximum Gasteiger partial charge on any atom is 0.299 e. The molecular weight excluding hydrogens is 319 g/mol. The normalized spacial score (nSPS) is 25.7. The van der Waals surface area contributed by atoms with Crippen LogP contribution in [0.15, 0.2) is 12.1 Å². The lowest BCUT2D eigenvalue weighted by molar-refractivity contribution is -0.0449. The summed E-state index contributed by atoms with van der Waals surface area (Å²) in [7, 11) is 1.50. The Morgan fingerprint density at radius 1 is 1.43 bits per heavy atom. The predicted molar refractivity (Wildman–Crippen MR) is 77.9 cm³/mol. The molecule has 1 fully saturated rings. The Bertz CT molecular complexity index is 676. The third-order valence-electron chi connectivity index (χ3n) is 3.55. The van der Waals surface area contributed by atoms with Gasteiger partial charge in [-0.2, -0.15) is 4.98 Å². The molecule has 3 rings (SSSR count). The molecule has 1 aromatic heterocycles. The van der Waals surface area contributed by atoms with Crippen LogP contribution in [-0.4, -0.2) is 45.7 Å². The summed E-state index contributed by atoms with van der Waals surface area (Å²) in [5, 5.41) is 19.9. The van der Waals surface area contributed by atoms with Gasteiger partial charge in [-0.1, -0.05) is 23.2 Å². The summed E-state index contributed by atoms with van der Waals surface area (Å²) in [4.78, 5) is 4.33. The minimum Gasteiger partial charge on any atom is -0.468 e. The Balaban J connectivity index is 2.10. The minimum absolute atomic E-state index is 0.251. The first kappa shape index (κ1) is 14.9. The summed E-state index contributed by atoms with van der Waals surface area (Å²) < 4.78 is 12.6. The second-order valence-electron chi connectivity index (χ2n) is 4.84. The quantitative estimate of drug-likeness (QED) is 0.898. The highest BCUT2D eigenvalue weighted by molar-refractivity contribution is 6.42. The summed E-state index contributed by atoms with van der Waals surface area (Å²) in [6.45, 7) is -0.251. The minimum atomic E-state index is -0.745. The highest BCUT2D eigenvalue weighted by atomic mass is 35.5. The molecule has 0 unspecified atom stereocenters. The standard InChI is InChI=1S/C13H14Cl2N2O4/c1-20-13-16-8-2-6(14)7(15)3-9(8)17(13)12-4-10(19)11(5-18)21-12/h2-3,10-12,18-19H,4-5H2,1H3/t10-,11+,12+/m0/s1. The Morgan fingerprint density at radius 3 is 2.76 bits per heavy atom. The molecule has 1 aliphatic heterocycles. The van der Waals surface area contributed by atoms with Crippen molar-refractivity contribution < 1.29 is 19.7 Å². The van der Waals surface area contributed by atoms with Gasteiger partial charge in [0, 0.05) is 6.42 Å². The van der Waals surface area contributed by atoms with Gasteiger partial charge in [0.25, 0.3) is 6.01 Å². The van der Waals surface area contributed by atoms with Gasteiger partial charge in [-0.25, -0.2) is 0 Å². The molecule has 1 saturated heterocycles. The highest BCUT2D eigenvalue weighted by Gasteiger charge is 2.36. The number of hydrogen-bond acceptors (Lipinski definition) is 5. The molecular formula is C13H14Cl2N2O4. The average Bonchev–Trinajstić information content (AvgIpc) is 2.99. The molecule has 0 bridgehead atoms. The van der Waals surface area contributed by atoms with Gasteiger partial charge in [-0.05, 0) is 12.1 Å². The molecule has 2 heterocycles. The van der Waals surface area contributed by atoms with Crippen molar-refractivity contribution in [3.8, 4) is 6.01 Å². The Kier molecular flexibility index (Phi) is 3.98. The molecule has 21 heavy (non-hydrogen) atoms.